The van der Waals surface area contributed by atoms with Crippen LogP contribution in [-0.4, -0.2) is 49.2 Å². The summed E-state index contributed by atoms with van der Waals surface area (Å²) < 4.78 is 0. The highest BCUT2D eigenvalue weighted by molar-refractivity contribution is 6.00. The number of hydrogen-bond donors (Lipinski definition) is 2. The average Bonchev–Trinajstić information content (AvgIpc) is 2.51. The summed E-state index contributed by atoms with van der Waals surface area (Å²) in [4.78, 5) is 28.5. The predicted molar refractivity (Wildman–Crippen MR) is 88.3 cm³/mol. The molecule has 2 aliphatic heterocycles. The number of anilines is 2. The number of rotatable bonds is 3. The maximum Gasteiger partial charge on any atom is 0.232 e. The lowest BCUT2D eigenvalue weighted by Gasteiger charge is -2.44. The van der Waals surface area contributed by atoms with Gasteiger partial charge in [-0.05, 0) is 19.1 Å². The molecule has 3 rings (SSSR count). The average molecular weight is 317 g/mol. The topological polar surface area (TPSA) is 72.9 Å². The number of benzene rings is 1. The van der Waals surface area contributed by atoms with Gasteiger partial charge in [0.15, 0.2) is 0 Å². The quantitative estimate of drug-likeness (QED) is 0.801. The minimum absolute atomic E-state index is 0.0128. The lowest BCUT2D eigenvalue weighted by molar-refractivity contribution is -0.144. The Hall–Kier alpha value is -2.08. The molecule has 1 aromatic rings. The number of aliphatic hydroxyl groups is 1. The van der Waals surface area contributed by atoms with Crippen molar-refractivity contribution in [1.82, 2.24) is 5.32 Å². The smallest absolute Gasteiger partial charge is 0.232 e. The molecule has 4 atom stereocenters. The monoisotopic (exact) mass is 317 g/mol. The van der Waals surface area contributed by atoms with Crippen molar-refractivity contribution in [3.8, 4) is 0 Å². The largest absolute Gasteiger partial charge is 0.393 e. The van der Waals surface area contributed by atoms with E-state index in [4.69, 9.17) is 0 Å². The van der Waals surface area contributed by atoms with Gasteiger partial charge in [0.1, 0.15) is 0 Å². The second kappa shape index (κ2) is 5.85. The van der Waals surface area contributed by atoms with E-state index in [1.165, 1.54) is 0 Å². The van der Waals surface area contributed by atoms with Crippen LogP contribution in [-0.2, 0) is 9.59 Å². The molecule has 6 heteroatoms. The number of nitrogens with zero attached hydrogens (tertiary/aromatic N) is 2. The standard InChI is InChI=1S/C17H23N3O3/c1-10(15-14(11(2)21)16(22)18-15)17(23)20-9-8-19(3)12-6-4-5-7-13(12)20/h4-7,10-11,14-15,21H,8-9H2,1-3H3,(H,18,22)/t10-,11-,14-,15-/m1/s1. The first kappa shape index (κ1) is 15.8. The molecule has 0 aliphatic carbocycles. The van der Waals surface area contributed by atoms with Crippen LogP contribution in [0, 0.1) is 11.8 Å². The van der Waals surface area contributed by atoms with E-state index < -0.39 is 12.0 Å². The van der Waals surface area contributed by atoms with Crippen LogP contribution < -0.4 is 15.1 Å². The van der Waals surface area contributed by atoms with Gasteiger partial charge in [-0.3, -0.25) is 9.59 Å². The summed E-state index contributed by atoms with van der Waals surface area (Å²) in [6.45, 7) is 4.81. The zero-order valence-electron chi connectivity index (χ0n) is 13.7. The van der Waals surface area contributed by atoms with Crippen LogP contribution in [0.1, 0.15) is 13.8 Å². The van der Waals surface area contributed by atoms with Crippen molar-refractivity contribution in [1.29, 1.82) is 0 Å². The first-order valence-electron chi connectivity index (χ1n) is 8.02. The second-order valence-electron chi connectivity index (χ2n) is 6.49. The second-order valence-corrected chi connectivity index (χ2v) is 6.49. The van der Waals surface area contributed by atoms with E-state index in [9.17, 15) is 14.7 Å². The van der Waals surface area contributed by atoms with Crippen LogP contribution in [0.5, 0.6) is 0 Å². The van der Waals surface area contributed by atoms with Crippen molar-refractivity contribution < 1.29 is 14.7 Å². The Morgan fingerprint density at radius 1 is 1.26 bits per heavy atom. The Morgan fingerprint density at radius 2 is 1.91 bits per heavy atom. The fourth-order valence-electron chi connectivity index (χ4n) is 3.51. The van der Waals surface area contributed by atoms with Crippen molar-refractivity contribution in [2.24, 2.45) is 11.8 Å². The van der Waals surface area contributed by atoms with E-state index >= 15 is 0 Å². The van der Waals surface area contributed by atoms with Gasteiger partial charge in [-0.25, -0.2) is 0 Å². The highest BCUT2D eigenvalue weighted by Crippen LogP contribution is 2.34. The van der Waals surface area contributed by atoms with Gasteiger partial charge in [0.25, 0.3) is 0 Å². The third-order valence-corrected chi connectivity index (χ3v) is 4.96. The number of fused-ring (bicyclic) bond motifs is 1. The Balaban J connectivity index is 1.81. The normalized spacial score (nSPS) is 26.0. The van der Waals surface area contributed by atoms with Crippen LogP contribution in [0.4, 0.5) is 11.4 Å². The molecule has 1 aromatic carbocycles. The van der Waals surface area contributed by atoms with Crippen molar-refractivity contribution >= 4 is 23.2 Å². The fraction of sp³-hybridized carbons (Fsp3) is 0.529. The summed E-state index contributed by atoms with van der Waals surface area (Å²) in [5.74, 6) is -1.06. The molecular weight excluding hydrogens is 294 g/mol. The maximum atomic E-state index is 13.0. The van der Waals surface area contributed by atoms with Crippen molar-refractivity contribution in [2.45, 2.75) is 26.0 Å². The predicted octanol–water partition coefficient (Wildman–Crippen LogP) is 0.601. The van der Waals surface area contributed by atoms with E-state index in [-0.39, 0.29) is 23.8 Å². The molecule has 6 nitrogen and oxygen atoms in total. The minimum atomic E-state index is -0.747. The summed E-state index contributed by atoms with van der Waals surface area (Å²) in [6, 6.07) is 7.53. The van der Waals surface area contributed by atoms with Gasteiger partial charge >= 0.3 is 0 Å². The molecule has 0 saturated carbocycles. The van der Waals surface area contributed by atoms with Gasteiger partial charge in [-0.1, -0.05) is 19.1 Å². The van der Waals surface area contributed by atoms with E-state index in [1.807, 2.05) is 38.2 Å². The first-order valence-corrected chi connectivity index (χ1v) is 8.02. The molecule has 1 fully saturated rings. The Labute approximate surface area is 136 Å². The van der Waals surface area contributed by atoms with Crippen molar-refractivity contribution in [3.05, 3.63) is 24.3 Å². The number of aliphatic hydroxyl groups excluding tert-OH is 1. The molecule has 0 bridgehead atoms. The molecule has 0 spiro atoms. The van der Waals surface area contributed by atoms with Crippen molar-refractivity contribution in [3.63, 3.8) is 0 Å². The Bertz CT molecular complexity index is 631. The molecule has 23 heavy (non-hydrogen) atoms. The number of nitrogens with one attached hydrogen (secondary N) is 1. The number of hydrogen-bond acceptors (Lipinski definition) is 4. The summed E-state index contributed by atoms with van der Waals surface area (Å²) in [5.41, 5.74) is 1.93. The number of amides is 2. The number of para-hydroxylation sites is 2. The van der Waals surface area contributed by atoms with Crippen LogP contribution in [0.25, 0.3) is 0 Å². The lowest BCUT2D eigenvalue weighted by atomic mass is 9.78. The molecule has 0 aromatic heterocycles. The number of likely N-dealkylation sites (N-methyl/N-ethyl adjacent to an activating group) is 1. The zero-order chi connectivity index (χ0) is 16.7. The van der Waals surface area contributed by atoms with Gasteiger partial charge in [-0.2, -0.15) is 0 Å². The van der Waals surface area contributed by atoms with Crippen LogP contribution in [0.3, 0.4) is 0 Å². The van der Waals surface area contributed by atoms with Crippen LogP contribution >= 0.6 is 0 Å². The Morgan fingerprint density at radius 3 is 2.52 bits per heavy atom. The van der Waals surface area contributed by atoms with Gasteiger partial charge in [0.05, 0.1) is 35.4 Å². The van der Waals surface area contributed by atoms with E-state index in [0.29, 0.717) is 6.54 Å². The number of β-lactam (4-membered cyclic amide) rings is 1. The zero-order valence-corrected chi connectivity index (χ0v) is 13.7. The van der Waals surface area contributed by atoms with E-state index in [1.54, 1.807) is 11.8 Å². The fourth-order valence-corrected chi connectivity index (χ4v) is 3.51. The molecule has 0 unspecified atom stereocenters. The highest BCUT2D eigenvalue weighted by Gasteiger charge is 2.48. The van der Waals surface area contributed by atoms with E-state index in [0.717, 1.165) is 17.9 Å². The third-order valence-electron chi connectivity index (χ3n) is 4.96. The molecule has 2 aliphatic rings. The summed E-state index contributed by atoms with van der Waals surface area (Å²) in [7, 11) is 2.01. The van der Waals surface area contributed by atoms with E-state index in [2.05, 4.69) is 10.2 Å². The Kier molecular flexibility index (Phi) is 4.02. The van der Waals surface area contributed by atoms with Crippen LogP contribution in [0.15, 0.2) is 24.3 Å². The van der Waals surface area contributed by atoms with Gasteiger partial charge in [0.2, 0.25) is 11.8 Å². The molecule has 124 valence electrons. The maximum absolute atomic E-state index is 13.0. The molecular formula is C17H23N3O3. The minimum Gasteiger partial charge on any atom is -0.393 e. The summed E-state index contributed by atoms with van der Waals surface area (Å²) >= 11 is 0. The number of carbonyl (C=O) groups excluding carboxylic acids is 2. The summed E-state index contributed by atoms with van der Waals surface area (Å²) in [6.07, 6.45) is -0.747. The molecule has 0 radical (unpaired) electrons. The summed E-state index contributed by atoms with van der Waals surface area (Å²) in [5, 5.41) is 12.5. The van der Waals surface area contributed by atoms with Gasteiger partial charge in [-0.15, -0.1) is 0 Å². The highest BCUT2D eigenvalue weighted by atomic mass is 16.3. The van der Waals surface area contributed by atoms with Crippen LogP contribution in [0.2, 0.25) is 0 Å². The molecule has 2 heterocycles. The first-order chi connectivity index (χ1) is 10.9. The van der Waals surface area contributed by atoms with Crippen molar-refractivity contribution in [2.75, 3.05) is 29.9 Å². The molecule has 2 N–H and O–H groups in total. The third kappa shape index (κ3) is 2.57. The van der Waals surface area contributed by atoms with Gasteiger partial charge < -0.3 is 20.2 Å². The SMILES string of the molecule is C[C@@H](O)[C@H]1C(=O)N[C@@H]1[C@@H](C)C(=O)N1CCN(C)c2ccccc21. The lowest BCUT2D eigenvalue weighted by Crippen LogP contribution is -2.66. The number of carbonyl (C=O) groups is 2. The molecule has 1 saturated heterocycles. The van der Waals surface area contributed by atoms with Gasteiger partial charge in [0, 0.05) is 20.1 Å². The molecule has 2 amide bonds.